The van der Waals surface area contributed by atoms with Crippen LogP contribution < -0.4 is 14.5 Å². The van der Waals surface area contributed by atoms with E-state index in [4.69, 9.17) is 9.72 Å². The van der Waals surface area contributed by atoms with E-state index in [9.17, 15) is 0 Å². The lowest BCUT2D eigenvalue weighted by atomic mass is 9.84. The molecular formula is C58H53N5O. The Balaban J connectivity index is 1.02. The van der Waals surface area contributed by atoms with E-state index in [0.29, 0.717) is 6.67 Å². The van der Waals surface area contributed by atoms with Crippen molar-refractivity contribution in [3.05, 3.63) is 186 Å². The Hall–Kier alpha value is -7.31. The molecule has 6 nitrogen and oxygen atoms in total. The number of nitrogens with zero attached hydrogens (tertiary/aromatic N) is 5. The lowest BCUT2D eigenvalue weighted by Gasteiger charge is -2.28. The topological polar surface area (TPSA) is 38.5 Å². The monoisotopic (exact) mass is 835 g/mol. The van der Waals surface area contributed by atoms with E-state index < -0.39 is 0 Å². The summed E-state index contributed by atoms with van der Waals surface area (Å²) in [6.45, 7) is 18.8. The highest BCUT2D eigenvalue weighted by atomic mass is 16.5. The molecule has 11 rings (SSSR count). The maximum absolute atomic E-state index is 6.85. The standard InChI is InChI=1S/C58H53N5O/c1-37-29-40(58(6,7)8)30-38(2)56(37)61-36-60(50-23-14-15-24-51(50)61)42-19-16-20-43(32-42)64-44-25-26-46-48-34-53-47(45-21-12-13-22-49(45)62(53)41-17-10-9-11-18-41)35-54(48)63(52(46)33-44)55-31-39(27-28-59-55)57(3,4)5/h9-35H,36H2,1-8H3. The summed E-state index contributed by atoms with van der Waals surface area (Å²) in [4.78, 5) is 9.89. The highest BCUT2D eigenvalue weighted by Gasteiger charge is 2.31. The average Bonchev–Trinajstić information content (AvgIpc) is 3.92. The maximum atomic E-state index is 6.85. The molecule has 4 heterocycles. The maximum Gasteiger partial charge on any atom is 0.137 e. The number of rotatable bonds is 6. The first-order valence-electron chi connectivity index (χ1n) is 22.4. The minimum atomic E-state index is -0.0481. The molecule has 0 bridgehead atoms. The van der Waals surface area contributed by atoms with Crippen LogP contribution in [0.15, 0.2) is 164 Å². The molecule has 0 spiro atoms. The number of hydrogen-bond acceptors (Lipinski definition) is 4. The molecule has 0 aliphatic carbocycles. The minimum absolute atomic E-state index is 0.0481. The molecule has 10 aromatic rings. The molecule has 7 aromatic carbocycles. The second kappa shape index (κ2) is 14.6. The molecule has 0 saturated carbocycles. The van der Waals surface area contributed by atoms with Gasteiger partial charge in [0, 0.05) is 56.9 Å². The molecule has 1 aliphatic rings. The summed E-state index contributed by atoms with van der Waals surface area (Å²) < 4.78 is 11.6. The molecule has 64 heavy (non-hydrogen) atoms. The van der Waals surface area contributed by atoms with E-state index in [1.165, 1.54) is 61.1 Å². The fraction of sp³-hybridized carbons (Fsp3) is 0.190. The van der Waals surface area contributed by atoms with Crippen LogP contribution in [0.1, 0.15) is 63.8 Å². The Bertz CT molecular complexity index is 3430. The van der Waals surface area contributed by atoms with Crippen molar-refractivity contribution in [3.8, 4) is 23.0 Å². The number of aromatic nitrogens is 3. The van der Waals surface area contributed by atoms with Crippen LogP contribution in [0, 0.1) is 13.8 Å². The fourth-order valence-corrected chi connectivity index (χ4v) is 9.92. The normalized spacial score (nSPS) is 13.2. The summed E-state index contributed by atoms with van der Waals surface area (Å²) in [6.07, 6.45) is 1.94. The Morgan fingerprint density at radius 1 is 0.453 bits per heavy atom. The SMILES string of the molecule is Cc1cc(C(C)(C)C)cc(C)c1N1CN(c2cccc(Oc3ccc4c5cc6c(cc5n(-c5cc(C(C)(C)C)ccn5)c4c3)c3ccccc3n6-c3ccccc3)c2)c2ccccc21. The van der Waals surface area contributed by atoms with Gasteiger partial charge in [-0.15, -0.1) is 0 Å². The van der Waals surface area contributed by atoms with E-state index in [1.807, 2.05) is 6.20 Å². The van der Waals surface area contributed by atoms with Crippen molar-refractivity contribution in [2.24, 2.45) is 0 Å². The average molecular weight is 836 g/mol. The number of anilines is 4. The van der Waals surface area contributed by atoms with Crippen molar-refractivity contribution >= 4 is 66.4 Å². The highest BCUT2D eigenvalue weighted by Crippen LogP contribution is 2.48. The molecule has 3 aromatic heterocycles. The largest absolute Gasteiger partial charge is 0.457 e. The number of benzene rings is 7. The van der Waals surface area contributed by atoms with Crippen molar-refractivity contribution < 1.29 is 4.74 Å². The zero-order valence-electron chi connectivity index (χ0n) is 37.9. The molecule has 0 atom stereocenters. The molecule has 0 radical (unpaired) electrons. The Morgan fingerprint density at radius 3 is 1.77 bits per heavy atom. The van der Waals surface area contributed by atoms with Gasteiger partial charge in [0.1, 0.15) is 24.0 Å². The predicted molar refractivity (Wildman–Crippen MR) is 268 cm³/mol. The van der Waals surface area contributed by atoms with E-state index in [-0.39, 0.29) is 10.8 Å². The number of pyridine rings is 1. The number of hydrogen-bond donors (Lipinski definition) is 0. The molecule has 316 valence electrons. The van der Waals surface area contributed by atoms with Crippen LogP contribution >= 0.6 is 0 Å². The Kier molecular flexibility index (Phi) is 9.04. The van der Waals surface area contributed by atoms with Gasteiger partial charge in [-0.3, -0.25) is 4.57 Å². The summed E-state index contributed by atoms with van der Waals surface area (Å²) >= 11 is 0. The van der Waals surface area contributed by atoms with Gasteiger partial charge in [-0.2, -0.15) is 0 Å². The van der Waals surface area contributed by atoms with Crippen LogP contribution in [-0.4, -0.2) is 20.8 Å². The summed E-state index contributed by atoms with van der Waals surface area (Å²) in [5.74, 6) is 2.42. The lowest BCUT2D eigenvalue weighted by Crippen LogP contribution is -2.25. The van der Waals surface area contributed by atoms with Crippen LogP contribution in [0.4, 0.5) is 22.7 Å². The van der Waals surface area contributed by atoms with Crippen molar-refractivity contribution in [1.82, 2.24) is 14.1 Å². The van der Waals surface area contributed by atoms with E-state index >= 15 is 0 Å². The first-order chi connectivity index (χ1) is 30.8. The van der Waals surface area contributed by atoms with E-state index in [0.717, 1.165) is 50.5 Å². The molecule has 0 unspecified atom stereocenters. The van der Waals surface area contributed by atoms with E-state index in [1.54, 1.807) is 0 Å². The molecular weight excluding hydrogens is 783 g/mol. The van der Waals surface area contributed by atoms with Gasteiger partial charge < -0.3 is 19.1 Å². The van der Waals surface area contributed by atoms with Gasteiger partial charge in [0.15, 0.2) is 0 Å². The van der Waals surface area contributed by atoms with Crippen molar-refractivity contribution in [3.63, 3.8) is 0 Å². The molecule has 6 heteroatoms. The number of fused-ring (bicyclic) bond motifs is 7. The van der Waals surface area contributed by atoms with Gasteiger partial charge in [0.25, 0.3) is 0 Å². The molecule has 0 saturated heterocycles. The first kappa shape index (κ1) is 39.5. The van der Waals surface area contributed by atoms with Gasteiger partial charge in [-0.1, -0.05) is 108 Å². The lowest BCUT2D eigenvalue weighted by molar-refractivity contribution is 0.483. The van der Waals surface area contributed by atoms with Crippen LogP contribution in [0.25, 0.3) is 55.1 Å². The van der Waals surface area contributed by atoms with E-state index in [2.05, 4.69) is 232 Å². The minimum Gasteiger partial charge on any atom is -0.457 e. The number of ether oxygens (including phenoxy) is 1. The van der Waals surface area contributed by atoms with Gasteiger partial charge >= 0.3 is 0 Å². The molecule has 1 aliphatic heterocycles. The summed E-state index contributed by atoms with van der Waals surface area (Å²) in [5, 5.41) is 4.72. The second-order valence-electron chi connectivity index (χ2n) is 19.5. The summed E-state index contributed by atoms with van der Waals surface area (Å²) in [5.41, 5.74) is 15.5. The van der Waals surface area contributed by atoms with Crippen molar-refractivity contribution in [2.45, 2.75) is 66.2 Å². The van der Waals surface area contributed by atoms with Crippen molar-refractivity contribution in [1.29, 1.82) is 0 Å². The van der Waals surface area contributed by atoms with Gasteiger partial charge in [-0.05, 0) is 126 Å². The first-order valence-corrected chi connectivity index (χ1v) is 22.4. The van der Waals surface area contributed by atoms with Crippen molar-refractivity contribution in [2.75, 3.05) is 16.5 Å². The Labute approximate surface area is 375 Å². The fourth-order valence-electron chi connectivity index (χ4n) is 9.92. The van der Waals surface area contributed by atoms with Crippen LogP contribution in [0.2, 0.25) is 0 Å². The molecule has 0 fully saturated rings. The summed E-state index contributed by atoms with van der Waals surface area (Å²) in [7, 11) is 0. The smallest absolute Gasteiger partial charge is 0.137 e. The van der Waals surface area contributed by atoms with Crippen LogP contribution in [-0.2, 0) is 10.8 Å². The van der Waals surface area contributed by atoms with Crippen LogP contribution in [0.3, 0.4) is 0 Å². The molecule has 0 amide bonds. The third kappa shape index (κ3) is 6.50. The summed E-state index contributed by atoms with van der Waals surface area (Å²) in [6, 6.07) is 56.9. The zero-order valence-corrected chi connectivity index (χ0v) is 37.9. The predicted octanol–water partition coefficient (Wildman–Crippen LogP) is 15.5. The quantitative estimate of drug-likeness (QED) is 0.167. The number of para-hydroxylation sites is 4. The third-order valence-corrected chi connectivity index (χ3v) is 13.1. The third-order valence-electron chi connectivity index (χ3n) is 13.1. The molecule has 0 N–H and O–H groups in total. The second-order valence-corrected chi connectivity index (χ2v) is 19.5. The van der Waals surface area contributed by atoms with Gasteiger partial charge in [0.2, 0.25) is 0 Å². The zero-order chi connectivity index (χ0) is 44.1. The van der Waals surface area contributed by atoms with Gasteiger partial charge in [0.05, 0.1) is 33.4 Å². The highest BCUT2D eigenvalue weighted by molar-refractivity contribution is 6.19. The van der Waals surface area contributed by atoms with Gasteiger partial charge in [-0.25, -0.2) is 4.98 Å². The number of aryl methyl sites for hydroxylation is 2. The Morgan fingerprint density at radius 2 is 1.05 bits per heavy atom. The van der Waals surface area contributed by atoms with Crippen LogP contribution in [0.5, 0.6) is 11.5 Å².